The summed E-state index contributed by atoms with van der Waals surface area (Å²) in [4.78, 5) is 20.3. The average Bonchev–Trinajstić information content (AvgIpc) is 1.95. The van der Waals surface area contributed by atoms with Gasteiger partial charge in [-0.15, -0.1) is 0 Å². The van der Waals surface area contributed by atoms with Crippen LogP contribution in [0.3, 0.4) is 0 Å². The molecule has 3 nitrogen and oxygen atoms in total. The molecule has 0 bridgehead atoms. The topological polar surface area (TPSA) is 39.1 Å². The Morgan fingerprint density at radius 3 is 2.50 bits per heavy atom. The van der Waals surface area contributed by atoms with E-state index < -0.39 is 0 Å². The van der Waals surface area contributed by atoms with Crippen LogP contribution < -0.4 is 5.43 Å². The molecule has 0 saturated carbocycles. The lowest BCUT2D eigenvalue weighted by molar-refractivity contribution is 0.545. The molecule has 3 heteroatoms. The van der Waals surface area contributed by atoms with Gasteiger partial charge in [-0.3, -0.25) is 9.59 Å². The lowest BCUT2D eigenvalue weighted by Crippen LogP contribution is -2.03. The van der Waals surface area contributed by atoms with Gasteiger partial charge in [-0.05, 0) is 0 Å². The molecule has 51 valence electrons. The smallest absolute Gasteiger partial charge is 0.219 e. The Bertz CT molecular complexity index is 257. The lowest BCUT2D eigenvalue weighted by Gasteiger charge is -1.95. The van der Waals surface area contributed by atoms with Gasteiger partial charge in [0.15, 0.2) is 5.43 Å². The first-order valence-corrected chi connectivity index (χ1v) is 2.84. The van der Waals surface area contributed by atoms with Crippen LogP contribution in [0.15, 0.2) is 29.3 Å². The van der Waals surface area contributed by atoms with Crippen LogP contribution in [0.25, 0.3) is 0 Å². The number of rotatable bonds is 2. The summed E-state index contributed by atoms with van der Waals surface area (Å²) in [6, 6.07) is 2.80. The van der Waals surface area contributed by atoms with Crippen LogP contribution >= 0.6 is 0 Å². The van der Waals surface area contributed by atoms with Crippen molar-refractivity contribution in [3.8, 4) is 0 Å². The van der Waals surface area contributed by atoms with Crippen molar-refractivity contribution in [2.75, 3.05) is 0 Å². The zero-order valence-corrected chi connectivity index (χ0v) is 5.28. The second kappa shape index (κ2) is 2.96. The number of aromatic nitrogens is 1. The van der Waals surface area contributed by atoms with E-state index in [1.807, 2.05) is 0 Å². The van der Waals surface area contributed by atoms with Crippen molar-refractivity contribution in [3.05, 3.63) is 34.7 Å². The van der Waals surface area contributed by atoms with Crippen molar-refractivity contribution in [2.24, 2.45) is 0 Å². The van der Waals surface area contributed by atoms with Crippen molar-refractivity contribution >= 4 is 6.29 Å². The zero-order valence-electron chi connectivity index (χ0n) is 5.28. The summed E-state index contributed by atoms with van der Waals surface area (Å²) in [5, 5.41) is 0. The van der Waals surface area contributed by atoms with Crippen molar-refractivity contribution in [2.45, 2.75) is 6.54 Å². The maximum Gasteiger partial charge on any atom is 0.219 e. The second-order valence-corrected chi connectivity index (χ2v) is 1.85. The van der Waals surface area contributed by atoms with Gasteiger partial charge in [-0.1, -0.05) is 0 Å². The summed E-state index contributed by atoms with van der Waals surface area (Å²) in [6.45, 7) is 0.181. The molecule has 1 heterocycles. The molecule has 0 aliphatic rings. The number of carbonyl (C=O) groups excluding carboxylic acids is 1. The van der Waals surface area contributed by atoms with Crippen molar-refractivity contribution in [1.29, 1.82) is 0 Å². The van der Waals surface area contributed by atoms with Gasteiger partial charge in [0, 0.05) is 24.5 Å². The quantitative estimate of drug-likeness (QED) is 0.572. The Kier molecular flexibility index (Phi) is 1.99. The molecule has 0 aliphatic carbocycles. The largest absolute Gasteiger partial charge is 0.346 e. The fourth-order valence-electron chi connectivity index (χ4n) is 0.624. The first kappa shape index (κ1) is 6.74. The highest BCUT2D eigenvalue weighted by molar-refractivity contribution is 5.50. The number of pyridine rings is 1. The fourth-order valence-corrected chi connectivity index (χ4v) is 0.624. The zero-order chi connectivity index (χ0) is 7.40. The fraction of sp³-hybridized carbons (Fsp3) is 0.143. The Balaban J connectivity index is 2.89. The standard InChI is InChI=1S/C7H6NO2/c9-6-5-8-3-1-7(10)2-4-8/h1-4H,5H2. The third-order valence-corrected chi connectivity index (χ3v) is 1.11. The predicted octanol–water partition coefficient (Wildman–Crippen LogP) is -0.0420. The minimum atomic E-state index is -0.0536. The number of hydrogen-bond acceptors (Lipinski definition) is 2. The maximum atomic E-state index is 10.5. The molecule has 0 fully saturated rings. The van der Waals surface area contributed by atoms with Crippen LogP contribution in [-0.2, 0) is 11.3 Å². The molecule has 0 atom stereocenters. The molecule has 1 aromatic rings. The summed E-state index contributed by atoms with van der Waals surface area (Å²) in [7, 11) is 0. The summed E-state index contributed by atoms with van der Waals surface area (Å²) >= 11 is 0. The van der Waals surface area contributed by atoms with E-state index in [1.165, 1.54) is 12.1 Å². The van der Waals surface area contributed by atoms with Gasteiger partial charge in [0.05, 0.1) is 6.54 Å². The molecule has 0 amide bonds. The number of nitrogens with zero attached hydrogens (tertiary/aromatic N) is 1. The van der Waals surface area contributed by atoms with E-state index >= 15 is 0 Å². The maximum absolute atomic E-state index is 10.5. The Labute approximate surface area is 57.9 Å². The van der Waals surface area contributed by atoms with Gasteiger partial charge in [0.1, 0.15) is 0 Å². The van der Waals surface area contributed by atoms with Gasteiger partial charge < -0.3 is 4.57 Å². The van der Waals surface area contributed by atoms with E-state index in [1.54, 1.807) is 23.2 Å². The first-order valence-electron chi connectivity index (χ1n) is 2.84. The highest BCUT2D eigenvalue weighted by Gasteiger charge is 1.85. The predicted molar refractivity (Wildman–Crippen MR) is 36.4 cm³/mol. The molecule has 0 aliphatic heterocycles. The van der Waals surface area contributed by atoms with E-state index in [4.69, 9.17) is 0 Å². The van der Waals surface area contributed by atoms with Crippen molar-refractivity contribution < 1.29 is 4.79 Å². The van der Waals surface area contributed by atoms with Gasteiger partial charge in [0.25, 0.3) is 0 Å². The second-order valence-electron chi connectivity index (χ2n) is 1.85. The lowest BCUT2D eigenvalue weighted by atomic mass is 10.4. The molecular weight excluding hydrogens is 130 g/mol. The van der Waals surface area contributed by atoms with E-state index in [0.717, 1.165) is 0 Å². The highest BCUT2D eigenvalue weighted by atomic mass is 16.1. The van der Waals surface area contributed by atoms with Crippen LogP contribution in [0.5, 0.6) is 0 Å². The third kappa shape index (κ3) is 1.55. The normalized spacial score (nSPS) is 9.20. The van der Waals surface area contributed by atoms with E-state index in [2.05, 4.69) is 0 Å². The van der Waals surface area contributed by atoms with Crippen LogP contribution in [0.1, 0.15) is 0 Å². The van der Waals surface area contributed by atoms with Crippen LogP contribution in [0.2, 0.25) is 0 Å². The van der Waals surface area contributed by atoms with Crippen molar-refractivity contribution in [1.82, 2.24) is 4.57 Å². The van der Waals surface area contributed by atoms with Crippen LogP contribution in [-0.4, -0.2) is 10.9 Å². The third-order valence-electron chi connectivity index (χ3n) is 1.11. The van der Waals surface area contributed by atoms with Gasteiger partial charge in [0.2, 0.25) is 6.29 Å². The van der Waals surface area contributed by atoms with Gasteiger partial charge in [-0.2, -0.15) is 0 Å². The Morgan fingerprint density at radius 2 is 2.00 bits per heavy atom. The SMILES string of the molecule is O=[C]Cn1ccc(=O)cc1. The summed E-state index contributed by atoms with van der Waals surface area (Å²) in [5.74, 6) is 0. The van der Waals surface area contributed by atoms with Gasteiger partial charge in [-0.25, -0.2) is 0 Å². The summed E-state index contributed by atoms with van der Waals surface area (Å²) < 4.78 is 1.58. The molecule has 0 N–H and O–H groups in total. The minimum absolute atomic E-state index is 0.0536. The van der Waals surface area contributed by atoms with Gasteiger partial charge >= 0.3 is 0 Å². The molecule has 1 aromatic heterocycles. The molecule has 0 unspecified atom stereocenters. The minimum Gasteiger partial charge on any atom is -0.346 e. The van der Waals surface area contributed by atoms with Crippen molar-refractivity contribution in [3.63, 3.8) is 0 Å². The Hall–Kier alpha value is -1.38. The summed E-state index contributed by atoms with van der Waals surface area (Å²) in [6.07, 6.45) is 4.81. The average molecular weight is 136 g/mol. The molecule has 1 rings (SSSR count). The van der Waals surface area contributed by atoms with E-state index in [0.29, 0.717) is 0 Å². The molecule has 1 radical (unpaired) electrons. The molecule has 10 heavy (non-hydrogen) atoms. The summed E-state index contributed by atoms with van der Waals surface area (Å²) in [5.41, 5.74) is -0.0536. The molecule has 0 saturated heterocycles. The Morgan fingerprint density at radius 1 is 1.40 bits per heavy atom. The molecular formula is C7H6NO2. The highest BCUT2D eigenvalue weighted by Crippen LogP contribution is 1.79. The molecule has 0 spiro atoms. The van der Waals surface area contributed by atoms with E-state index in [9.17, 15) is 9.59 Å². The number of hydrogen-bond donors (Lipinski definition) is 0. The monoisotopic (exact) mass is 136 g/mol. The van der Waals surface area contributed by atoms with Crippen LogP contribution in [0.4, 0.5) is 0 Å². The molecule has 0 aromatic carbocycles. The van der Waals surface area contributed by atoms with Crippen LogP contribution in [0, 0.1) is 0 Å². The van der Waals surface area contributed by atoms with E-state index in [-0.39, 0.29) is 12.0 Å². The first-order chi connectivity index (χ1) is 4.83.